The molecular formula is C7H7FINO. The highest BCUT2D eigenvalue weighted by molar-refractivity contribution is 14.1. The maximum Gasteiger partial charge on any atom is 0.165 e. The quantitative estimate of drug-likeness (QED) is 0.657. The lowest BCUT2D eigenvalue weighted by atomic mass is 10.3. The Morgan fingerprint density at radius 2 is 2.27 bits per heavy atom. The maximum absolute atomic E-state index is 12.8. The van der Waals surface area contributed by atoms with Crippen LogP contribution >= 0.6 is 22.9 Å². The number of hydrogen-bond acceptors (Lipinski definition) is 2. The minimum absolute atomic E-state index is 0.256. The fourth-order valence-corrected chi connectivity index (χ4v) is 1.05. The van der Waals surface area contributed by atoms with Gasteiger partial charge >= 0.3 is 0 Å². The van der Waals surface area contributed by atoms with E-state index in [0.717, 1.165) is 5.69 Å². The molecule has 0 aliphatic heterocycles. The summed E-state index contributed by atoms with van der Waals surface area (Å²) in [5.74, 6) is -0.0884. The zero-order chi connectivity index (χ0) is 8.27. The molecule has 4 heteroatoms. The zero-order valence-electron chi connectivity index (χ0n) is 5.90. The Balaban J connectivity index is 3.02. The maximum atomic E-state index is 12.8. The third-order valence-corrected chi connectivity index (χ3v) is 1.88. The average molecular weight is 267 g/mol. The van der Waals surface area contributed by atoms with Crippen molar-refractivity contribution >= 4 is 28.6 Å². The third kappa shape index (κ3) is 1.95. The standard InChI is InChI=1S/C7H7FINO/c1-11-7-4-5(10-9)2-3-6(7)8/h2-4,10H,1H3. The van der Waals surface area contributed by atoms with Gasteiger partial charge in [-0.3, -0.25) is 0 Å². The second kappa shape index (κ2) is 3.75. The SMILES string of the molecule is COc1cc(NI)ccc1F. The molecule has 0 bridgehead atoms. The van der Waals surface area contributed by atoms with E-state index in [1.165, 1.54) is 13.2 Å². The lowest BCUT2D eigenvalue weighted by Crippen LogP contribution is -1.88. The molecular weight excluding hydrogens is 260 g/mol. The van der Waals surface area contributed by atoms with Crippen LogP contribution in [0.1, 0.15) is 0 Å². The van der Waals surface area contributed by atoms with E-state index in [0.29, 0.717) is 0 Å². The van der Waals surface area contributed by atoms with E-state index in [1.807, 2.05) is 22.9 Å². The van der Waals surface area contributed by atoms with Crippen LogP contribution in [0, 0.1) is 5.82 Å². The van der Waals surface area contributed by atoms with Crippen molar-refractivity contribution in [2.75, 3.05) is 10.6 Å². The van der Waals surface area contributed by atoms with Crippen molar-refractivity contribution in [3.05, 3.63) is 24.0 Å². The van der Waals surface area contributed by atoms with Gasteiger partial charge in [-0.05, 0) is 12.1 Å². The summed E-state index contributed by atoms with van der Waals surface area (Å²) in [4.78, 5) is 0. The first kappa shape index (κ1) is 8.58. The highest BCUT2D eigenvalue weighted by atomic mass is 127. The summed E-state index contributed by atoms with van der Waals surface area (Å²) in [6, 6.07) is 4.60. The summed E-state index contributed by atoms with van der Waals surface area (Å²) in [7, 11) is 1.44. The first-order valence-corrected chi connectivity index (χ1v) is 4.06. The van der Waals surface area contributed by atoms with Crippen molar-refractivity contribution in [3.8, 4) is 5.75 Å². The van der Waals surface area contributed by atoms with E-state index in [2.05, 4.69) is 3.53 Å². The van der Waals surface area contributed by atoms with Crippen LogP contribution in [-0.4, -0.2) is 7.11 Å². The Morgan fingerprint density at radius 1 is 1.55 bits per heavy atom. The van der Waals surface area contributed by atoms with Crippen molar-refractivity contribution < 1.29 is 9.13 Å². The molecule has 11 heavy (non-hydrogen) atoms. The Morgan fingerprint density at radius 3 is 2.82 bits per heavy atom. The molecule has 0 saturated heterocycles. The monoisotopic (exact) mass is 267 g/mol. The summed E-state index contributed by atoms with van der Waals surface area (Å²) in [6.07, 6.45) is 0. The molecule has 0 amide bonds. The second-order valence-electron chi connectivity index (χ2n) is 1.94. The van der Waals surface area contributed by atoms with Crippen LogP contribution in [0.15, 0.2) is 18.2 Å². The Hall–Kier alpha value is -0.520. The van der Waals surface area contributed by atoms with E-state index in [4.69, 9.17) is 4.74 Å². The Labute approximate surface area is 78.2 Å². The van der Waals surface area contributed by atoms with Crippen LogP contribution in [0.4, 0.5) is 10.1 Å². The summed E-state index contributed by atoms with van der Waals surface area (Å²) < 4.78 is 20.4. The number of methoxy groups -OCH3 is 1. The van der Waals surface area contributed by atoms with Crippen LogP contribution in [0.2, 0.25) is 0 Å². The minimum Gasteiger partial charge on any atom is -0.494 e. The van der Waals surface area contributed by atoms with Gasteiger partial charge in [0, 0.05) is 11.8 Å². The predicted octanol–water partition coefficient (Wildman–Crippen LogP) is 2.60. The molecule has 1 aromatic carbocycles. The molecule has 0 radical (unpaired) electrons. The van der Waals surface area contributed by atoms with Gasteiger partial charge in [0.1, 0.15) is 0 Å². The molecule has 0 aliphatic carbocycles. The van der Waals surface area contributed by atoms with Crippen molar-refractivity contribution in [2.24, 2.45) is 0 Å². The highest BCUT2D eigenvalue weighted by Gasteiger charge is 2.01. The first-order valence-electron chi connectivity index (χ1n) is 2.98. The lowest BCUT2D eigenvalue weighted by molar-refractivity contribution is 0.387. The highest BCUT2D eigenvalue weighted by Crippen LogP contribution is 2.21. The number of rotatable bonds is 2. The van der Waals surface area contributed by atoms with Gasteiger partial charge in [0.25, 0.3) is 0 Å². The first-order chi connectivity index (χ1) is 5.27. The Bertz CT molecular complexity index is 254. The van der Waals surface area contributed by atoms with E-state index < -0.39 is 0 Å². The largest absolute Gasteiger partial charge is 0.494 e. The van der Waals surface area contributed by atoms with Crippen LogP contribution in [0.3, 0.4) is 0 Å². The zero-order valence-corrected chi connectivity index (χ0v) is 8.05. The molecule has 0 aliphatic rings. The minimum atomic E-state index is -0.345. The molecule has 1 N–H and O–H groups in total. The molecule has 1 aromatic rings. The molecule has 0 heterocycles. The smallest absolute Gasteiger partial charge is 0.165 e. The number of ether oxygens (including phenoxy) is 1. The summed E-state index contributed by atoms with van der Waals surface area (Å²) in [5, 5.41) is 0. The van der Waals surface area contributed by atoms with Gasteiger partial charge < -0.3 is 8.27 Å². The molecule has 0 aromatic heterocycles. The molecule has 0 unspecified atom stereocenters. The van der Waals surface area contributed by atoms with E-state index >= 15 is 0 Å². The summed E-state index contributed by atoms with van der Waals surface area (Å²) >= 11 is 1.97. The average Bonchev–Trinajstić information content (AvgIpc) is 2.05. The van der Waals surface area contributed by atoms with Gasteiger partial charge in [-0.1, -0.05) is 0 Å². The number of anilines is 1. The molecule has 0 spiro atoms. The lowest BCUT2D eigenvalue weighted by Gasteiger charge is -2.03. The predicted molar refractivity (Wildman–Crippen MR) is 50.6 cm³/mol. The van der Waals surface area contributed by atoms with Crippen LogP contribution in [-0.2, 0) is 0 Å². The fourth-order valence-electron chi connectivity index (χ4n) is 0.719. The number of nitrogens with one attached hydrogen (secondary N) is 1. The summed E-state index contributed by atoms with van der Waals surface area (Å²) in [5.41, 5.74) is 0.823. The van der Waals surface area contributed by atoms with E-state index in [-0.39, 0.29) is 11.6 Å². The van der Waals surface area contributed by atoms with Gasteiger partial charge in [0.15, 0.2) is 11.6 Å². The van der Waals surface area contributed by atoms with Gasteiger partial charge in [-0.25, -0.2) is 4.39 Å². The van der Waals surface area contributed by atoms with Crippen molar-refractivity contribution in [1.29, 1.82) is 0 Å². The Kier molecular flexibility index (Phi) is 2.92. The fraction of sp³-hybridized carbons (Fsp3) is 0.143. The van der Waals surface area contributed by atoms with Crippen LogP contribution in [0.5, 0.6) is 5.75 Å². The molecule has 1 rings (SSSR count). The second-order valence-corrected chi connectivity index (χ2v) is 2.48. The van der Waals surface area contributed by atoms with Crippen molar-refractivity contribution in [3.63, 3.8) is 0 Å². The van der Waals surface area contributed by atoms with Gasteiger partial charge in [-0.15, -0.1) is 0 Å². The van der Waals surface area contributed by atoms with Crippen molar-refractivity contribution in [2.45, 2.75) is 0 Å². The number of halogens is 2. The normalized spacial score (nSPS) is 9.36. The molecule has 0 atom stereocenters. The van der Waals surface area contributed by atoms with Crippen LogP contribution in [0.25, 0.3) is 0 Å². The molecule has 0 fully saturated rings. The number of benzene rings is 1. The van der Waals surface area contributed by atoms with E-state index in [1.54, 1.807) is 12.1 Å². The topological polar surface area (TPSA) is 21.3 Å². The number of hydrogen-bond donors (Lipinski definition) is 1. The van der Waals surface area contributed by atoms with Crippen molar-refractivity contribution in [1.82, 2.24) is 0 Å². The van der Waals surface area contributed by atoms with Gasteiger partial charge in [0.2, 0.25) is 0 Å². The third-order valence-electron chi connectivity index (χ3n) is 1.26. The van der Waals surface area contributed by atoms with E-state index in [9.17, 15) is 4.39 Å². The van der Waals surface area contributed by atoms with Gasteiger partial charge in [-0.2, -0.15) is 0 Å². The molecule has 0 saturated carbocycles. The van der Waals surface area contributed by atoms with Gasteiger partial charge in [0.05, 0.1) is 30.0 Å². The molecule has 60 valence electrons. The molecule has 2 nitrogen and oxygen atoms in total. The van der Waals surface area contributed by atoms with Crippen LogP contribution < -0.4 is 8.27 Å². The summed E-state index contributed by atoms with van der Waals surface area (Å²) in [6.45, 7) is 0.